The fourth-order valence-corrected chi connectivity index (χ4v) is 2.82. The fraction of sp³-hybridized carbons (Fsp3) is 0.619. The number of nitrogens with zero attached hydrogens (tertiary/aromatic N) is 2. The Morgan fingerprint density at radius 3 is 2.65 bits per heavy atom. The van der Waals surface area contributed by atoms with Gasteiger partial charge in [-0.1, -0.05) is 44.7 Å². The molecule has 0 bridgehead atoms. The second kappa shape index (κ2) is 12.3. The summed E-state index contributed by atoms with van der Waals surface area (Å²) in [6.07, 6.45) is 7.15. The number of nitrogens with one attached hydrogen (secondary N) is 2. The summed E-state index contributed by atoms with van der Waals surface area (Å²) in [4.78, 5) is 18.0. The Morgan fingerprint density at radius 2 is 2.00 bits per heavy atom. The van der Waals surface area contributed by atoms with Crippen LogP contribution >= 0.6 is 0 Å². The zero-order valence-corrected chi connectivity index (χ0v) is 17.1. The maximum Gasteiger partial charge on any atom is 0.253 e. The van der Waals surface area contributed by atoms with Gasteiger partial charge in [0.2, 0.25) is 0 Å². The first-order valence-corrected chi connectivity index (χ1v) is 9.75. The number of carbonyl (C=O) groups is 1. The van der Waals surface area contributed by atoms with Gasteiger partial charge in [-0.3, -0.25) is 9.79 Å². The van der Waals surface area contributed by atoms with Crippen LogP contribution in [0.15, 0.2) is 29.3 Å². The molecule has 1 atom stereocenters. The standard InChI is InChI=1S/C21H36N4O/c1-6-7-8-9-11-17(2)24-21(22-3)23-15-14-18-12-10-13-19(16-18)20(26)25(4)5/h10,12-13,16-17H,6-9,11,14-15H2,1-5H3,(H2,22,23,24). The lowest BCUT2D eigenvalue weighted by Gasteiger charge is -2.18. The van der Waals surface area contributed by atoms with Gasteiger partial charge in [-0.25, -0.2) is 0 Å². The molecular weight excluding hydrogens is 324 g/mol. The van der Waals surface area contributed by atoms with Crippen molar-refractivity contribution in [2.24, 2.45) is 4.99 Å². The van der Waals surface area contributed by atoms with Gasteiger partial charge < -0.3 is 15.5 Å². The second-order valence-electron chi connectivity index (χ2n) is 7.04. The van der Waals surface area contributed by atoms with Crippen LogP contribution in [0.1, 0.15) is 61.9 Å². The molecule has 0 spiro atoms. The molecule has 0 radical (unpaired) electrons. The minimum atomic E-state index is 0.0363. The minimum Gasteiger partial charge on any atom is -0.356 e. The zero-order chi connectivity index (χ0) is 19.4. The van der Waals surface area contributed by atoms with Gasteiger partial charge in [0.25, 0.3) is 5.91 Å². The number of benzene rings is 1. The third-order valence-electron chi connectivity index (χ3n) is 4.38. The molecule has 1 rings (SSSR count). The van der Waals surface area contributed by atoms with Crippen molar-refractivity contribution in [2.45, 2.75) is 58.4 Å². The summed E-state index contributed by atoms with van der Waals surface area (Å²) in [5.74, 6) is 0.877. The summed E-state index contributed by atoms with van der Waals surface area (Å²) in [5, 5.41) is 6.82. The first-order chi connectivity index (χ1) is 12.5. The summed E-state index contributed by atoms with van der Waals surface area (Å²) in [6.45, 7) is 5.22. The smallest absolute Gasteiger partial charge is 0.253 e. The Balaban J connectivity index is 2.41. The number of carbonyl (C=O) groups excluding carboxylic acids is 1. The highest BCUT2D eigenvalue weighted by atomic mass is 16.2. The Bertz CT molecular complexity index is 569. The van der Waals surface area contributed by atoms with Crippen LogP contribution in [0.25, 0.3) is 0 Å². The monoisotopic (exact) mass is 360 g/mol. The predicted molar refractivity (Wildman–Crippen MR) is 111 cm³/mol. The van der Waals surface area contributed by atoms with E-state index in [1.165, 1.54) is 25.7 Å². The van der Waals surface area contributed by atoms with Crippen molar-refractivity contribution in [2.75, 3.05) is 27.7 Å². The van der Waals surface area contributed by atoms with E-state index in [1.54, 1.807) is 26.0 Å². The quantitative estimate of drug-likeness (QED) is 0.382. The Morgan fingerprint density at radius 1 is 1.23 bits per heavy atom. The highest BCUT2D eigenvalue weighted by molar-refractivity contribution is 5.94. The number of unbranched alkanes of at least 4 members (excludes halogenated alkanes) is 3. The third-order valence-corrected chi connectivity index (χ3v) is 4.38. The van der Waals surface area contributed by atoms with Crippen molar-refractivity contribution >= 4 is 11.9 Å². The van der Waals surface area contributed by atoms with Gasteiger partial charge in [-0.15, -0.1) is 0 Å². The molecule has 1 unspecified atom stereocenters. The summed E-state index contributed by atoms with van der Waals surface area (Å²) in [7, 11) is 5.35. The normalized spacial score (nSPS) is 12.6. The van der Waals surface area contributed by atoms with Crippen LogP contribution in [0.5, 0.6) is 0 Å². The maximum atomic E-state index is 12.1. The van der Waals surface area contributed by atoms with Crippen LogP contribution in [0, 0.1) is 0 Å². The highest BCUT2D eigenvalue weighted by Crippen LogP contribution is 2.08. The molecular formula is C21H36N4O. The molecule has 0 fully saturated rings. The molecule has 0 aliphatic carbocycles. The molecule has 0 aliphatic rings. The molecule has 146 valence electrons. The van der Waals surface area contributed by atoms with Crippen LogP contribution in [0.4, 0.5) is 0 Å². The van der Waals surface area contributed by atoms with Crippen molar-refractivity contribution < 1.29 is 4.79 Å². The first kappa shape index (κ1) is 22.0. The van der Waals surface area contributed by atoms with Gasteiger partial charge in [-0.05, 0) is 37.5 Å². The van der Waals surface area contributed by atoms with Gasteiger partial charge in [0.15, 0.2) is 5.96 Å². The lowest BCUT2D eigenvalue weighted by Crippen LogP contribution is -2.42. The molecule has 1 amide bonds. The van der Waals surface area contributed by atoms with E-state index in [9.17, 15) is 4.79 Å². The van der Waals surface area contributed by atoms with Crippen molar-refractivity contribution in [1.29, 1.82) is 0 Å². The SMILES string of the molecule is CCCCCCC(C)NC(=NC)NCCc1cccc(C(=O)N(C)C)c1. The van der Waals surface area contributed by atoms with Gasteiger partial charge in [0.05, 0.1) is 0 Å². The zero-order valence-electron chi connectivity index (χ0n) is 17.1. The number of hydrogen-bond donors (Lipinski definition) is 2. The molecule has 0 saturated heterocycles. The van der Waals surface area contributed by atoms with E-state index < -0.39 is 0 Å². The Kier molecular flexibility index (Phi) is 10.4. The maximum absolute atomic E-state index is 12.1. The Labute approximate surface area is 159 Å². The summed E-state index contributed by atoms with van der Waals surface area (Å²) < 4.78 is 0. The van der Waals surface area contributed by atoms with E-state index in [0.717, 1.165) is 36.5 Å². The van der Waals surface area contributed by atoms with Gasteiger partial charge >= 0.3 is 0 Å². The minimum absolute atomic E-state index is 0.0363. The van der Waals surface area contributed by atoms with Crippen LogP contribution in [0.3, 0.4) is 0 Å². The molecule has 0 aromatic heterocycles. The van der Waals surface area contributed by atoms with Crippen LogP contribution in [-0.4, -0.2) is 50.5 Å². The van der Waals surface area contributed by atoms with Crippen molar-refractivity contribution in [3.63, 3.8) is 0 Å². The second-order valence-corrected chi connectivity index (χ2v) is 7.04. The van der Waals surface area contributed by atoms with E-state index in [1.807, 2.05) is 18.2 Å². The molecule has 5 nitrogen and oxygen atoms in total. The predicted octanol–water partition coefficient (Wildman–Crippen LogP) is 3.45. The number of guanidine groups is 1. The van der Waals surface area contributed by atoms with E-state index >= 15 is 0 Å². The molecule has 5 heteroatoms. The van der Waals surface area contributed by atoms with Gasteiger partial charge in [0.1, 0.15) is 0 Å². The lowest BCUT2D eigenvalue weighted by molar-refractivity contribution is 0.0827. The van der Waals surface area contributed by atoms with E-state index in [-0.39, 0.29) is 5.91 Å². The molecule has 1 aromatic rings. The average Bonchev–Trinajstić information content (AvgIpc) is 2.64. The molecule has 0 aliphatic heterocycles. The third kappa shape index (κ3) is 8.37. The fourth-order valence-electron chi connectivity index (χ4n) is 2.82. The number of amides is 1. The van der Waals surface area contributed by atoms with Crippen molar-refractivity contribution in [3.8, 4) is 0 Å². The summed E-state index contributed by atoms with van der Waals surface area (Å²) in [6, 6.07) is 8.24. The number of rotatable bonds is 10. The number of aliphatic imine (C=N–C) groups is 1. The largest absolute Gasteiger partial charge is 0.356 e. The van der Waals surface area contributed by atoms with E-state index in [2.05, 4.69) is 35.5 Å². The molecule has 1 aromatic carbocycles. The van der Waals surface area contributed by atoms with Crippen molar-refractivity contribution in [3.05, 3.63) is 35.4 Å². The highest BCUT2D eigenvalue weighted by Gasteiger charge is 2.08. The average molecular weight is 361 g/mol. The molecule has 2 N–H and O–H groups in total. The first-order valence-electron chi connectivity index (χ1n) is 9.75. The molecule has 0 heterocycles. The van der Waals surface area contributed by atoms with Gasteiger partial charge in [0, 0.05) is 39.3 Å². The summed E-state index contributed by atoms with van der Waals surface area (Å²) >= 11 is 0. The van der Waals surface area contributed by atoms with Crippen LogP contribution in [-0.2, 0) is 6.42 Å². The number of hydrogen-bond acceptors (Lipinski definition) is 2. The van der Waals surface area contributed by atoms with Gasteiger partial charge in [-0.2, -0.15) is 0 Å². The van der Waals surface area contributed by atoms with Crippen LogP contribution in [0.2, 0.25) is 0 Å². The van der Waals surface area contributed by atoms with E-state index in [0.29, 0.717) is 6.04 Å². The molecule has 26 heavy (non-hydrogen) atoms. The molecule has 0 saturated carbocycles. The van der Waals surface area contributed by atoms with Crippen molar-refractivity contribution in [1.82, 2.24) is 15.5 Å². The topological polar surface area (TPSA) is 56.7 Å². The Hall–Kier alpha value is -2.04. The van der Waals surface area contributed by atoms with E-state index in [4.69, 9.17) is 0 Å². The lowest BCUT2D eigenvalue weighted by atomic mass is 10.1. The summed E-state index contributed by atoms with van der Waals surface area (Å²) in [5.41, 5.74) is 1.88. The van der Waals surface area contributed by atoms with Crippen LogP contribution < -0.4 is 10.6 Å².